The van der Waals surface area contributed by atoms with Gasteiger partial charge < -0.3 is 15.4 Å². The van der Waals surface area contributed by atoms with Gasteiger partial charge in [-0.1, -0.05) is 0 Å². The number of nitrogens with zero attached hydrogens (tertiary/aromatic N) is 3. The van der Waals surface area contributed by atoms with Crippen LogP contribution >= 0.6 is 0 Å². The topological polar surface area (TPSA) is 137 Å². The van der Waals surface area contributed by atoms with Crippen LogP contribution in [0.1, 0.15) is 21.0 Å². The summed E-state index contributed by atoms with van der Waals surface area (Å²) in [4.78, 5) is 34.6. The van der Waals surface area contributed by atoms with Crippen LogP contribution in [0, 0.1) is 0 Å². The van der Waals surface area contributed by atoms with Crippen molar-refractivity contribution >= 4 is 28.6 Å². The van der Waals surface area contributed by atoms with Gasteiger partial charge in [0.15, 0.2) is 5.69 Å². The fourth-order valence-corrected chi connectivity index (χ4v) is 2.45. The normalized spacial score (nSPS) is 10.8. The Morgan fingerprint density at radius 3 is 2.62 bits per heavy atom. The van der Waals surface area contributed by atoms with Crippen molar-refractivity contribution in [1.29, 1.82) is 0 Å². The van der Waals surface area contributed by atoms with Crippen LogP contribution in [-0.4, -0.2) is 42.1 Å². The first-order valence-corrected chi connectivity index (χ1v) is 7.60. The number of H-pyrrole nitrogens is 2. The molecule has 1 aromatic carbocycles. The summed E-state index contributed by atoms with van der Waals surface area (Å²) < 4.78 is 0. The summed E-state index contributed by atoms with van der Waals surface area (Å²) in [6.07, 6.45) is 3.38. The highest BCUT2D eigenvalue weighted by Crippen LogP contribution is 2.21. The number of benzene rings is 1. The summed E-state index contributed by atoms with van der Waals surface area (Å²) in [6, 6.07) is 10.1. The van der Waals surface area contributed by atoms with Crippen LogP contribution in [-0.2, 0) is 0 Å². The number of nitrogens with one attached hydrogen (secondary N) is 3. The Morgan fingerprint density at radius 1 is 1.12 bits per heavy atom. The summed E-state index contributed by atoms with van der Waals surface area (Å²) in [5.41, 5.74) is 2.91. The molecule has 0 bridgehead atoms. The standard InChI is InChI=1S/C17H12N6O3/c24-16(12-7-13(17(25)26)23-22-12)19-10-3-1-9(2-4-10)15-20-11-5-6-18-8-14(11)21-15/h1-8H,(H,19,24)(H,20,21)(H,22,23)(H,25,26). The number of aromatic carboxylic acids is 1. The van der Waals surface area contributed by atoms with Crippen molar-refractivity contribution in [3.63, 3.8) is 0 Å². The van der Waals surface area contributed by atoms with Crippen LogP contribution < -0.4 is 5.32 Å². The number of anilines is 1. The highest BCUT2D eigenvalue weighted by atomic mass is 16.4. The van der Waals surface area contributed by atoms with Crippen molar-refractivity contribution in [2.24, 2.45) is 0 Å². The summed E-state index contributed by atoms with van der Waals surface area (Å²) in [6.45, 7) is 0. The van der Waals surface area contributed by atoms with Gasteiger partial charge in [0.1, 0.15) is 11.5 Å². The average molecular weight is 348 g/mol. The average Bonchev–Trinajstić information content (AvgIpc) is 3.29. The number of hydrogen-bond acceptors (Lipinski definition) is 5. The molecule has 1 amide bonds. The van der Waals surface area contributed by atoms with Crippen molar-refractivity contribution in [2.45, 2.75) is 0 Å². The number of aromatic amines is 2. The second-order valence-corrected chi connectivity index (χ2v) is 5.48. The number of fused-ring (bicyclic) bond motifs is 1. The zero-order chi connectivity index (χ0) is 18.1. The van der Waals surface area contributed by atoms with Crippen LogP contribution in [0.25, 0.3) is 22.4 Å². The quantitative estimate of drug-likeness (QED) is 0.447. The van der Waals surface area contributed by atoms with Crippen LogP contribution in [0.3, 0.4) is 0 Å². The minimum absolute atomic E-state index is 0.00346. The van der Waals surface area contributed by atoms with Gasteiger partial charge in [0.05, 0.1) is 17.2 Å². The molecular formula is C17H12N6O3. The minimum atomic E-state index is -1.18. The van der Waals surface area contributed by atoms with Gasteiger partial charge in [-0.2, -0.15) is 5.10 Å². The van der Waals surface area contributed by atoms with Crippen molar-refractivity contribution in [1.82, 2.24) is 25.1 Å². The number of amides is 1. The molecular weight excluding hydrogens is 336 g/mol. The molecule has 0 atom stereocenters. The van der Waals surface area contributed by atoms with Gasteiger partial charge in [-0.25, -0.2) is 9.78 Å². The molecule has 4 rings (SSSR count). The first kappa shape index (κ1) is 15.5. The van der Waals surface area contributed by atoms with Gasteiger partial charge in [0, 0.05) is 23.5 Å². The van der Waals surface area contributed by atoms with Crippen LogP contribution in [0.15, 0.2) is 48.8 Å². The summed E-state index contributed by atoms with van der Waals surface area (Å²) in [7, 11) is 0. The van der Waals surface area contributed by atoms with E-state index < -0.39 is 11.9 Å². The zero-order valence-electron chi connectivity index (χ0n) is 13.2. The summed E-state index contributed by atoms with van der Waals surface area (Å²) in [5, 5.41) is 17.5. The second kappa shape index (κ2) is 6.13. The third kappa shape index (κ3) is 2.88. The highest BCUT2D eigenvalue weighted by molar-refractivity contribution is 6.04. The van der Waals surface area contributed by atoms with E-state index in [0.29, 0.717) is 11.5 Å². The lowest BCUT2D eigenvalue weighted by Crippen LogP contribution is -2.12. The van der Waals surface area contributed by atoms with Crippen LogP contribution in [0.2, 0.25) is 0 Å². The first-order chi connectivity index (χ1) is 12.6. The van der Waals surface area contributed by atoms with Crippen LogP contribution in [0.4, 0.5) is 5.69 Å². The molecule has 0 saturated carbocycles. The number of carboxylic acid groups (broad SMARTS) is 1. The number of carbonyl (C=O) groups is 2. The lowest BCUT2D eigenvalue weighted by atomic mass is 10.2. The Labute approximate surface area is 146 Å². The SMILES string of the molecule is O=C(Nc1ccc(-c2nc3ccncc3[nH]2)cc1)c1cc(C(=O)O)[nH]n1. The van der Waals surface area contributed by atoms with E-state index in [-0.39, 0.29) is 11.4 Å². The van der Waals surface area contributed by atoms with E-state index in [0.717, 1.165) is 16.6 Å². The number of aromatic nitrogens is 5. The van der Waals surface area contributed by atoms with E-state index in [4.69, 9.17) is 5.11 Å². The molecule has 0 unspecified atom stereocenters. The number of imidazole rings is 1. The van der Waals surface area contributed by atoms with Gasteiger partial charge in [0.2, 0.25) is 0 Å². The molecule has 9 nitrogen and oxygen atoms in total. The van der Waals surface area contributed by atoms with Gasteiger partial charge >= 0.3 is 5.97 Å². The molecule has 0 spiro atoms. The maximum atomic E-state index is 12.1. The first-order valence-electron chi connectivity index (χ1n) is 7.60. The summed E-state index contributed by atoms with van der Waals surface area (Å²) in [5.74, 6) is -0.984. The molecule has 0 radical (unpaired) electrons. The molecule has 9 heteroatoms. The fourth-order valence-electron chi connectivity index (χ4n) is 2.45. The molecule has 128 valence electrons. The van der Waals surface area contributed by atoms with Crippen molar-refractivity contribution in [2.75, 3.05) is 5.32 Å². The van der Waals surface area contributed by atoms with Crippen molar-refractivity contribution in [3.05, 3.63) is 60.2 Å². The lowest BCUT2D eigenvalue weighted by Gasteiger charge is -2.04. The predicted octanol–water partition coefficient (Wildman–Crippen LogP) is 2.30. The van der Waals surface area contributed by atoms with Crippen LogP contribution in [0.5, 0.6) is 0 Å². The molecule has 0 aliphatic carbocycles. The Hall–Kier alpha value is -4.01. The third-order valence-corrected chi connectivity index (χ3v) is 3.74. The number of rotatable bonds is 4. The maximum absolute atomic E-state index is 12.1. The van der Waals surface area contributed by atoms with Gasteiger partial charge in [-0.3, -0.25) is 14.9 Å². The van der Waals surface area contributed by atoms with E-state index in [1.54, 1.807) is 24.5 Å². The van der Waals surface area contributed by atoms with E-state index in [1.165, 1.54) is 6.07 Å². The lowest BCUT2D eigenvalue weighted by molar-refractivity contribution is 0.0690. The second-order valence-electron chi connectivity index (χ2n) is 5.48. The predicted molar refractivity (Wildman–Crippen MR) is 92.8 cm³/mol. The van der Waals surface area contributed by atoms with Crippen molar-refractivity contribution in [3.8, 4) is 11.4 Å². The molecule has 3 aromatic heterocycles. The largest absolute Gasteiger partial charge is 0.477 e. The smallest absolute Gasteiger partial charge is 0.353 e. The Kier molecular flexibility index (Phi) is 3.66. The van der Waals surface area contributed by atoms with E-state index >= 15 is 0 Å². The van der Waals surface area contributed by atoms with E-state index in [9.17, 15) is 9.59 Å². The number of hydrogen-bond donors (Lipinski definition) is 4. The molecule has 0 saturated heterocycles. The number of carbonyl (C=O) groups excluding carboxylic acids is 1. The summed E-state index contributed by atoms with van der Waals surface area (Å²) >= 11 is 0. The fraction of sp³-hybridized carbons (Fsp3) is 0. The zero-order valence-corrected chi connectivity index (χ0v) is 13.2. The Morgan fingerprint density at radius 2 is 1.92 bits per heavy atom. The monoisotopic (exact) mass is 348 g/mol. The minimum Gasteiger partial charge on any atom is -0.477 e. The van der Waals surface area contributed by atoms with Gasteiger partial charge in [0.25, 0.3) is 5.91 Å². The molecule has 0 aliphatic heterocycles. The number of carboxylic acids is 1. The molecule has 26 heavy (non-hydrogen) atoms. The third-order valence-electron chi connectivity index (χ3n) is 3.74. The Balaban J connectivity index is 1.51. The molecule has 4 N–H and O–H groups in total. The number of pyridine rings is 1. The van der Waals surface area contributed by atoms with E-state index in [2.05, 4.69) is 30.5 Å². The molecule has 0 aliphatic rings. The molecule has 4 aromatic rings. The van der Waals surface area contributed by atoms with Gasteiger partial charge in [-0.15, -0.1) is 0 Å². The van der Waals surface area contributed by atoms with Gasteiger partial charge in [-0.05, 0) is 30.3 Å². The molecule has 3 heterocycles. The maximum Gasteiger partial charge on any atom is 0.353 e. The Bertz CT molecular complexity index is 1080. The highest BCUT2D eigenvalue weighted by Gasteiger charge is 2.14. The van der Waals surface area contributed by atoms with Crippen molar-refractivity contribution < 1.29 is 14.7 Å². The van der Waals surface area contributed by atoms with E-state index in [1.807, 2.05) is 18.2 Å². The molecule has 0 fully saturated rings.